The van der Waals surface area contributed by atoms with Crippen molar-refractivity contribution < 1.29 is 44.2 Å². The van der Waals surface area contributed by atoms with Crippen LogP contribution in [0.3, 0.4) is 0 Å². The fourth-order valence-corrected chi connectivity index (χ4v) is 3.99. The van der Waals surface area contributed by atoms with E-state index in [0.717, 1.165) is 36.4 Å². The molecular formula is C16H11F6NO4S. The third-order valence-electron chi connectivity index (χ3n) is 3.91. The summed E-state index contributed by atoms with van der Waals surface area (Å²) < 4.78 is 114. The van der Waals surface area contributed by atoms with E-state index >= 15 is 0 Å². The standard InChI is InChI=1S/C16H11F6NO4S/c1-23(14(15(18,19)20)9-2-4-10(17)5-3-9)28(24,25)11-6-7-12-13(8-11)27-16(21,22)26-12/h2-8,14H,1H3. The molecule has 1 aliphatic heterocycles. The van der Waals surface area contributed by atoms with Gasteiger partial charge in [0.15, 0.2) is 11.5 Å². The molecule has 3 rings (SSSR count). The first-order valence-corrected chi connectivity index (χ1v) is 8.95. The van der Waals surface area contributed by atoms with E-state index in [9.17, 15) is 34.8 Å². The summed E-state index contributed by atoms with van der Waals surface area (Å²) in [5.74, 6) is -1.89. The molecular weight excluding hydrogens is 416 g/mol. The molecule has 0 spiro atoms. The molecule has 1 unspecified atom stereocenters. The smallest absolute Gasteiger partial charge is 0.395 e. The number of hydrogen-bond donors (Lipinski definition) is 0. The van der Waals surface area contributed by atoms with E-state index in [2.05, 4.69) is 9.47 Å². The van der Waals surface area contributed by atoms with Crippen molar-refractivity contribution >= 4 is 10.0 Å². The number of ether oxygens (including phenoxy) is 2. The topological polar surface area (TPSA) is 55.8 Å². The summed E-state index contributed by atoms with van der Waals surface area (Å²) in [4.78, 5) is -0.716. The van der Waals surface area contributed by atoms with Crippen molar-refractivity contribution in [2.45, 2.75) is 23.4 Å². The van der Waals surface area contributed by atoms with Gasteiger partial charge in [0.1, 0.15) is 11.9 Å². The number of fused-ring (bicyclic) bond motifs is 1. The highest BCUT2D eigenvalue weighted by Crippen LogP contribution is 2.44. The number of nitrogens with zero attached hydrogens (tertiary/aromatic N) is 1. The molecule has 0 aromatic heterocycles. The van der Waals surface area contributed by atoms with Gasteiger partial charge in [0.2, 0.25) is 10.0 Å². The molecule has 0 radical (unpaired) electrons. The monoisotopic (exact) mass is 427 g/mol. The molecule has 28 heavy (non-hydrogen) atoms. The fourth-order valence-electron chi connectivity index (χ4n) is 2.64. The number of sulfonamides is 1. The quantitative estimate of drug-likeness (QED) is 0.691. The molecule has 0 bridgehead atoms. The highest BCUT2D eigenvalue weighted by molar-refractivity contribution is 7.89. The van der Waals surface area contributed by atoms with Crippen molar-refractivity contribution in [2.75, 3.05) is 7.05 Å². The Hall–Kier alpha value is -2.47. The van der Waals surface area contributed by atoms with Gasteiger partial charge in [-0.25, -0.2) is 12.8 Å². The van der Waals surface area contributed by atoms with E-state index < -0.39 is 56.3 Å². The fraction of sp³-hybridized carbons (Fsp3) is 0.250. The molecule has 1 aliphatic rings. The summed E-state index contributed by atoms with van der Waals surface area (Å²) >= 11 is 0. The van der Waals surface area contributed by atoms with Gasteiger partial charge in [-0.15, -0.1) is 8.78 Å². The molecule has 0 aliphatic carbocycles. The lowest BCUT2D eigenvalue weighted by Crippen LogP contribution is -2.39. The van der Waals surface area contributed by atoms with Gasteiger partial charge in [0, 0.05) is 13.1 Å². The Kier molecular flexibility index (Phi) is 4.74. The predicted octanol–water partition coefficient (Wildman–Crippen LogP) is 4.07. The second-order valence-corrected chi connectivity index (χ2v) is 7.79. The van der Waals surface area contributed by atoms with E-state index in [1.807, 2.05) is 0 Å². The normalized spacial score (nSPS) is 17.0. The number of hydrogen-bond acceptors (Lipinski definition) is 4. The predicted molar refractivity (Wildman–Crippen MR) is 82.8 cm³/mol. The first kappa shape index (κ1) is 20.3. The van der Waals surface area contributed by atoms with E-state index in [1.165, 1.54) is 0 Å². The molecule has 12 heteroatoms. The Bertz CT molecular complexity index is 991. The molecule has 0 saturated carbocycles. The van der Waals surface area contributed by atoms with Crippen molar-refractivity contribution in [1.29, 1.82) is 0 Å². The van der Waals surface area contributed by atoms with Crippen LogP contribution in [0.2, 0.25) is 0 Å². The summed E-state index contributed by atoms with van der Waals surface area (Å²) in [6, 6.07) is 2.80. The SMILES string of the molecule is CN(C(c1ccc(F)cc1)C(F)(F)F)S(=O)(=O)c1ccc2c(c1)OC(F)(F)O2. The minimum absolute atomic E-state index is 0.0237. The van der Waals surface area contributed by atoms with Crippen LogP contribution in [-0.4, -0.2) is 32.2 Å². The maximum atomic E-state index is 13.6. The van der Waals surface area contributed by atoms with Gasteiger partial charge in [0.05, 0.1) is 4.90 Å². The third-order valence-corrected chi connectivity index (χ3v) is 5.73. The van der Waals surface area contributed by atoms with Crippen LogP contribution in [0.5, 0.6) is 11.5 Å². The van der Waals surface area contributed by atoms with Gasteiger partial charge in [-0.05, 0) is 29.8 Å². The molecule has 0 saturated heterocycles. The van der Waals surface area contributed by atoms with Crippen molar-refractivity contribution in [3.05, 3.63) is 53.8 Å². The van der Waals surface area contributed by atoms with Crippen LogP contribution in [0.1, 0.15) is 11.6 Å². The van der Waals surface area contributed by atoms with Gasteiger partial charge < -0.3 is 9.47 Å². The van der Waals surface area contributed by atoms with Crippen LogP contribution in [0.25, 0.3) is 0 Å². The van der Waals surface area contributed by atoms with Crippen LogP contribution in [0.4, 0.5) is 26.3 Å². The summed E-state index contributed by atoms with van der Waals surface area (Å²) in [5.41, 5.74) is -0.521. The highest BCUT2D eigenvalue weighted by atomic mass is 32.2. The lowest BCUT2D eigenvalue weighted by Gasteiger charge is -2.29. The molecule has 2 aromatic carbocycles. The van der Waals surface area contributed by atoms with Crippen LogP contribution >= 0.6 is 0 Å². The Balaban J connectivity index is 2.01. The Morgan fingerprint density at radius 2 is 1.57 bits per heavy atom. The van der Waals surface area contributed by atoms with Crippen molar-refractivity contribution in [1.82, 2.24) is 4.31 Å². The molecule has 1 heterocycles. The maximum Gasteiger partial charge on any atom is 0.586 e. The number of halogens is 6. The number of alkyl halides is 5. The van der Waals surface area contributed by atoms with Gasteiger partial charge in [-0.1, -0.05) is 12.1 Å². The summed E-state index contributed by atoms with van der Waals surface area (Å²) in [6.07, 6.45) is -9.05. The molecule has 5 nitrogen and oxygen atoms in total. The van der Waals surface area contributed by atoms with Crippen LogP contribution < -0.4 is 9.47 Å². The summed E-state index contributed by atoms with van der Waals surface area (Å²) in [7, 11) is -4.12. The van der Waals surface area contributed by atoms with Crippen LogP contribution in [0.15, 0.2) is 47.4 Å². The van der Waals surface area contributed by atoms with Crippen molar-refractivity contribution in [3.8, 4) is 11.5 Å². The van der Waals surface area contributed by atoms with E-state index in [4.69, 9.17) is 0 Å². The zero-order valence-corrected chi connectivity index (χ0v) is 14.7. The average Bonchev–Trinajstić information content (AvgIpc) is 2.88. The Morgan fingerprint density at radius 1 is 1.00 bits per heavy atom. The summed E-state index contributed by atoms with van der Waals surface area (Å²) in [5, 5.41) is 0. The Morgan fingerprint density at radius 3 is 2.14 bits per heavy atom. The Labute approximate surface area is 155 Å². The lowest BCUT2D eigenvalue weighted by molar-refractivity contribution is -0.286. The van der Waals surface area contributed by atoms with Crippen molar-refractivity contribution in [2.24, 2.45) is 0 Å². The minimum Gasteiger partial charge on any atom is -0.395 e. The minimum atomic E-state index is -5.04. The van der Waals surface area contributed by atoms with Crippen LogP contribution in [0, 0.1) is 5.82 Å². The van der Waals surface area contributed by atoms with E-state index in [0.29, 0.717) is 13.1 Å². The van der Waals surface area contributed by atoms with E-state index in [1.54, 1.807) is 0 Å². The zero-order chi connectivity index (χ0) is 20.9. The average molecular weight is 427 g/mol. The molecule has 1 atom stereocenters. The van der Waals surface area contributed by atoms with Gasteiger partial charge in [-0.2, -0.15) is 17.5 Å². The second kappa shape index (κ2) is 6.55. The molecule has 2 aromatic rings. The first-order valence-electron chi connectivity index (χ1n) is 7.51. The second-order valence-electron chi connectivity index (χ2n) is 5.79. The maximum absolute atomic E-state index is 13.6. The van der Waals surface area contributed by atoms with Gasteiger partial charge in [0.25, 0.3) is 0 Å². The van der Waals surface area contributed by atoms with Crippen LogP contribution in [-0.2, 0) is 10.0 Å². The molecule has 0 N–H and O–H groups in total. The lowest BCUT2D eigenvalue weighted by atomic mass is 10.1. The molecule has 0 amide bonds. The van der Waals surface area contributed by atoms with Crippen molar-refractivity contribution in [3.63, 3.8) is 0 Å². The summed E-state index contributed by atoms with van der Waals surface area (Å²) in [6.45, 7) is 0. The molecule has 0 fully saturated rings. The number of benzene rings is 2. The van der Waals surface area contributed by atoms with Gasteiger partial charge >= 0.3 is 12.5 Å². The zero-order valence-electron chi connectivity index (χ0n) is 13.9. The molecule has 152 valence electrons. The third kappa shape index (κ3) is 3.74. The first-order chi connectivity index (χ1) is 12.8. The highest BCUT2D eigenvalue weighted by Gasteiger charge is 2.48. The largest absolute Gasteiger partial charge is 0.586 e. The van der Waals surface area contributed by atoms with E-state index in [-0.39, 0.29) is 4.31 Å². The number of rotatable bonds is 4. The van der Waals surface area contributed by atoms with Gasteiger partial charge in [-0.3, -0.25) is 0 Å².